The predicted octanol–water partition coefficient (Wildman–Crippen LogP) is 1.99. The molecule has 6 nitrogen and oxygen atoms in total. The van der Waals surface area contributed by atoms with E-state index in [1.807, 2.05) is 0 Å². The molecule has 1 aromatic carbocycles. The van der Waals surface area contributed by atoms with Gasteiger partial charge < -0.3 is 18.9 Å². The highest BCUT2D eigenvalue weighted by Gasteiger charge is 2.16. The number of carbonyl (C=O) groups excluding carboxylic acids is 2. The second kappa shape index (κ2) is 7.63. The summed E-state index contributed by atoms with van der Waals surface area (Å²) >= 11 is 0. The molecule has 1 amide bonds. The summed E-state index contributed by atoms with van der Waals surface area (Å²) in [7, 11) is 4.65. The second-order valence-corrected chi connectivity index (χ2v) is 5.30. The van der Waals surface area contributed by atoms with Crippen molar-refractivity contribution >= 4 is 11.9 Å². The van der Waals surface area contributed by atoms with Crippen molar-refractivity contribution in [3.05, 3.63) is 53.6 Å². The summed E-state index contributed by atoms with van der Waals surface area (Å²) in [5.41, 5.74) is 0.973. The molecule has 2 rings (SSSR count). The molecule has 128 valence electrons. The first kappa shape index (κ1) is 17.5. The quantitative estimate of drug-likeness (QED) is 0.758. The van der Waals surface area contributed by atoms with Crippen LogP contribution in [0.15, 0.2) is 36.5 Å². The molecule has 0 spiro atoms. The van der Waals surface area contributed by atoms with E-state index in [2.05, 4.69) is 0 Å². The van der Waals surface area contributed by atoms with Crippen LogP contribution in [0.2, 0.25) is 0 Å². The second-order valence-electron chi connectivity index (χ2n) is 5.30. The molecule has 1 heterocycles. The van der Waals surface area contributed by atoms with Crippen LogP contribution in [0.5, 0.6) is 5.75 Å². The Balaban J connectivity index is 1.89. The summed E-state index contributed by atoms with van der Waals surface area (Å²) in [5.74, 6) is -1.30. The van der Waals surface area contributed by atoms with Gasteiger partial charge in [-0.25, -0.2) is 9.18 Å². The Hall–Kier alpha value is -2.83. The van der Waals surface area contributed by atoms with E-state index in [1.165, 1.54) is 24.1 Å². The van der Waals surface area contributed by atoms with Crippen LogP contribution in [0.3, 0.4) is 0 Å². The number of methoxy groups -OCH3 is 1. The minimum absolute atomic E-state index is 0.143. The third-order valence-electron chi connectivity index (χ3n) is 3.54. The van der Waals surface area contributed by atoms with Crippen molar-refractivity contribution in [3.63, 3.8) is 0 Å². The van der Waals surface area contributed by atoms with Crippen LogP contribution in [-0.4, -0.2) is 42.1 Å². The van der Waals surface area contributed by atoms with Gasteiger partial charge in [-0.3, -0.25) is 4.79 Å². The Labute approximate surface area is 139 Å². The monoisotopic (exact) mass is 334 g/mol. The van der Waals surface area contributed by atoms with Crippen molar-refractivity contribution in [2.45, 2.75) is 6.54 Å². The molecule has 0 aliphatic heterocycles. The summed E-state index contributed by atoms with van der Waals surface area (Å²) in [6, 6.07) is 7.79. The average molecular weight is 334 g/mol. The maximum Gasteiger partial charge on any atom is 0.355 e. The largest absolute Gasteiger partial charge is 0.494 e. The number of hydrogen-bond acceptors (Lipinski definition) is 4. The van der Waals surface area contributed by atoms with Gasteiger partial charge >= 0.3 is 5.97 Å². The van der Waals surface area contributed by atoms with Crippen molar-refractivity contribution in [3.8, 4) is 5.75 Å². The van der Waals surface area contributed by atoms with Gasteiger partial charge in [0, 0.05) is 26.8 Å². The van der Waals surface area contributed by atoms with Crippen molar-refractivity contribution in [1.82, 2.24) is 9.47 Å². The number of halogens is 1. The van der Waals surface area contributed by atoms with Crippen LogP contribution in [0.4, 0.5) is 4.39 Å². The minimum Gasteiger partial charge on any atom is -0.494 e. The van der Waals surface area contributed by atoms with Crippen LogP contribution in [-0.2, 0) is 23.1 Å². The minimum atomic E-state index is -0.570. The summed E-state index contributed by atoms with van der Waals surface area (Å²) < 4.78 is 25.1. The highest BCUT2D eigenvalue weighted by atomic mass is 19.1. The number of benzene rings is 1. The summed E-state index contributed by atoms with van der Waals surface area (Å²) in [5, 5.41) is 0. The molecule has 0 fully saturated rings. The first-order valence-corrected chi connectivity index (χ1v) is 7.27. The van der Waals surface area contributed by atoms with E-state index >= 15 is 0 Å². The lowest BCUT2D eigenvalue weighted by Gasteiger charge is -2.17. The maximum absolute atomic E-state index is 13.7. The molecular weight excluding hydrogens is 315 g/mol. The number of aryl methyl sites for hydroxylation is 1. The molecular formula is C17H19FN2O4. The van der Waals surface area contributed by atoms with E-state index in [-0.39, 0.29) is 24.8 Å². The van der Waals surface area contributed by atoms with Crippen LogP contribution in [0, 0.1) is 5.82 Å². The van der Waals surface area contributed by atoms with Gasteiger partial charge in [-0.05, 0) is 29.8 Å². The molecule has 0 bridgehead atoms. The fourth-order valence-corrected chi connectivity index (χ4v) is 2.15. The number of hydrogen-bond donors (Lipinski definition) is 0. The Kier molecular flexibility index (Phi) is 5.57. The lowest BCUT2D eigenvalue weighted by atomic mass is 10.2. The molecule has 1 aromatic heterocycles. The maximum atomic E-state index is 13.7. The predicted molar refractivity (Wildman–Crippen MR) is 85.1 cm³/mol. The molecule has 0 aliphatic carbocycles. The normalized spacial score (nSPS) is 10.3. The molecule has 0 N–H and O–H groups in total. The third-order valence-corrected chi connectivity index (χ3v) is 3.54. The molecule has 2 aromatic rings. The van der Waals surface area contributed by atoms with E-state index < -0.39 is 11.8 Å². The standard InChI is InChI=1S/C17H19FN2O4/c1-19-8-4-5-14(19)17(22)24-11-16(21)20(2)10-12-6-7-15(23-3)13(18)9-12/h4-9H,10-11H2,1-3H3. The van der Waals surface area contributed by atoms with Crippen LogP contribution in [0.1, 0.15) is 16.1 Å². The summed E-state index contributed by atoms with van der Waals surface area (Å²) in [6.45, 7) is -0.180. The Morgan fingerprint density at radius 3 is 2.62 bits per heavy atom. The van der Waals surface area contributed by atoms with Gasteiger partial charge in [0.25, 0.3) is 5.91 Å². The number of aromatic nitrogens is 1. The van der Waals surface area contributed by atoms with Gasteiger partial charge in [0.15, 0.2) is 18.2 Å². The average Bonchev–Trinajstić information content (AvgIpc) is 2.98. The smallest absolute Gasteiger partial charge is 0.355 e. The Morgan fingerprint density at radius 2 is 2.04 bits per heavy atom. The number of amides is 1. The van der Waals surface area contributed by atoms with Crippen LogP contribution >= 0.6 is 0 Å². The van der Waals surface area contributed by atoms with Gasteiger partial charge in [0.05, 0.1) is 7.11 Å². The first-order chi connectivity index (χ1) is 11.4. The summed E-state index contributed by atoms with van der Waals surface area (Å²) in [6.07, 6.45) is 1.71. The molecule has 7 heteroatoms. The van der Waals surface area contributed by atoms with Gasteiger partial charge in [0.1, 0.15) is 5.69 Å². The van der Waals surface area contributed by atoms with Crippen molar-refractivity contribution in [1.29, 1.82) is 0 Å². The number of likely N-dealkylation sites (N-methyl/N-ethyl adjacent to an activating group) is 1. The van der Waals surface area contributed by atoms with E-state index in [0.29, 0.717) is 11.3 Å². The van der Waals surface area contributed by atoms with Gasteiger partial charge in [-0.2, -0.15) is 0 Å². The van der Waals surface area contributed by atoms with E-state index in [9.17, 15) is 14.0 Å². The fraction of sp³-hybridized carbons (Fsp3) is 0.294. The Bertz CT molecular complexity index is 742. The van der Waals surface area contributed by atoms with E-state index in [0.717, 1.165) is 0 Å². The summed E-state index contributed by atoms with van der Waals surface area (Å²) in [4.78, 5) is 25.2. The molecule has 0 aliphatic rings. The van der Waals surface area contributed by atoms with Crippen LogP contribution in [0.25, 0.3) is 0 Å². The van der Waals surface area contributed by atoms with Gasteiger partial charge in [-0.1, -0.05) is 6.07 Å². The highest BCUT2D eigenvalue weighted by Crippen LogP contribution is 2.18. The Morgan fingerprint density at radius 1 is 1.29 bits per heavy atom. The zero-order chi connectivity index (χ0) is 17.7. The molecule has 0 saturated heterocycles. The fourth-order valence-electron chi connectivity index (χ4n) is 2.15. The van der Waals surface area contributed by atoms with Crippen molar-refractivity contribution < 1.29 is 23.5 Å². The lowest BCUT2D eigenvalue weighted by molar-refractivity contribution is -0.133. The zero-order valence-corrected chi connectivity index (χ0v) is 13.8. The van der Waals surface area contributed by atoms with Crippen molar-refractivity contribution in [2.75, 3.05) is 20.8 Å². The zero-order valence-electron chi connectivity index (χ0n) is 13.8. The molecule has 0 radical (unpaired) electrons. The molecule has 0 atom stereocenters. The van der Waals surface area contributed by atoms with E-state index in [1.54, 1.807) is 43.1 Å². The van der Waals surface area contributed by atoms with Gasteiger partial charge in [-0.15, -0.1) is 0 Å². The number of carbonyl (C=O) groups is 2. The number of rotatable bonds is 6. The number of ether oxygens (including phenoxy) is 2. The SMILES string of the molecule is COc1ccc(CN(C)C(=O)COC(=O)c2cccn2C)cc1F. The molecule has 24 heavy (non-hydrogen) atoms. The van der Waals surface area contributed by atoms with Crippen LogP contribution < -0.4 is 4.74 Å². The number of nitrogens with zero attached hydrogens (tertiary/aromatic N) is 2. The van der Waals surface area contributed by atoms with Crippen molar-refractivity contribution in [2.24, 2.45) is 7.05 Å². The van der Waals surface area contributed by atoms with Gasteiger partial charge in [0.2, 0.25) is 0 Å². The third kappa shape index (κ3) is 4.13. The highest BCUT2D eigenvalue weighted by molar-refractivity contribution is 5.89. The first-order valence-electron chi connectivity index (χ1n) is 7.27. The number of esters is 1. The lowest BCUT2D eigenvalue weighted by Crippen LogP contribution is -2.31. The topological polar surface area (TPSA) is 60.8 Å². The molecule has 0 saturated carbocycles. The van der Waals surface area contributed by atoms with E-state index in [4.69, 9.17) is 9.47 Å². The molecule has 0 unspecified atom stereocenters.